The summed E-state index contributed by atoms with van der Waals surface area (Å²) >= 11 is 0. The van der Waals surface area contributed by atoms with Gasteiger partial charge in [0.25, 0.3) is 0 Å². The van der Waals surface area contributed by atoms with Gasteiger partial charge in [0.2, 0.25) is 11.8 Å². The average Bonchev–Trinajstić information content (AvgIpc) is 3.27. The number of carbonyl (C=O) groups is 2. The number of ether oxygens (including phenoxy) is 1. The van der Waals surface area contributed by atoms with Crippen LogP contribution in [0.1, 0.15) is 81.2 Å². The highest BCUT2D eigenvalue weighted by Gasteiger charge is 2.58. The highest BCUT2D eigenvalue weighted by Crippen LogP contribution is 2.50. The number of hydrogen-bond acceptors (Lipinski definition) is 5. The number of likely N-dealkylation sites (tertiary alicyclic amines) is 1. The molecule has 2 fully saturated rings. The highest BCUT2D eigenvalue weighted by atomic mass is 19.4. The maximum atomic E-state index is 14.2. The summed E-state index contributed by atoms with van der Waals surface area (Å²) in [6, 6.07) is 6.25. The van der Waals surface area contributed by atoms with Gasteiger partial charge in [-0.1, -0.05) is 64.3 Å². The van der Waals surface area contributed by atoms with E-state index in [-0.39, 0.29) is 29.8 Å². The van der Waals surface area contributed by atoms with Crippen LogP contribution in [0.2, 0.25) is 0 Å². The normalized spacial score (nSPS) is 24.0. The quantitative estimate of drug-likeness (QED) is 0.411. The first kappa shape index (κ1) is 30.8. The summed E-state index contributed by atoms with van der Waals surface area (Å²) in [5.74, 6) is -2.02. The topological polar surface area (TPSA) is 91.8 Å². The van der Waals surface area contributed by atoms with Gasteiger partial charge < -0.3 is 20.1 Å². The number of hydrogen-bond donors (Lipinski definition) is 2. The number of methoxy groups -OCH3 is 1. The number of carbonyl (C=O) groups excluding carboxylic acids is 1. The molecule has 2 aliphatic rings. The van der Waals surface area contributed by atoms with Gasteiger partial charge in [-0.05, 0) is 42.4 Å². The molecule has 1 aliphatic carbocycles. The van der Waals surface area contributed by atoms with E-state index in [1.807, 2.05) is 52.0 Å². The summed E-state index contributed by atoms with van der Waals surface area (Å²) in [6.45, 7) is 7.70. The van der Waals surface area contributed by atoms with E-state index in [4.69, 9.17) is 4.74 Å². The smallest absolute Gasteiger partial charge is 0.417 e. The Morgan fingerprint density at radius 2 is 1.78 bits per heavy atom. The minimum absolute atomic E-state index is 0.0492. The fourth-order valence-electron chi connectivity index (χ4n) is 6.72. The molecule has 10 heteroatoms. The number of pyridine rings is 1. The van der Waals surface area contributed by atoms with Gasteiger partial charge >= 0.3 is 12.1 Å². The number of amides is 1. The number of carboxylic acids is 1. The van der Waals surface area contributed by atoms with E-state index in [0.29, 0.717) is 12.8 Å². The largest absolute Gasteiger partial charge is 0.481 e. The van der Waals surface area contributed by atoms with Crippen LogP contribution in [0, 0.1) is 24.2 Å². The molecule has 1 saturated heterocycles. The van der Waals surface area contributed by atoms with Crippen LogP contribution in [0.25, 0.3) is 0 Å². The molecule has 1 aromatic carbocycles. The Kier molecular flexibility index (Phi) is 9.01. The van der Waals surface area contributed by atoms with Crippen LogP contribution in [0.15, 0.2) is 36.5 Å². The van der Waals surface area contributed by atoms with Gasteiger partial charge in [-0.3, -0.25) is 4.79 Å². The van der Waals surface area contributed by atoms with Crippen LogP contribution in [0.3, 0.4) is 0 Å². The third kappa shape index (κ3) is 6.37. The lowest BCUT2D eigenvalue weighted by molar-refractivity contribution is -0.154. The number of nitrogens with one attached hydrogen (secondary N) is 1. The van der Waals surface area contributed by atoms with Crippen LogP contribution in [-0.4, -0.2) is 46.1 Å². The number of aryl methyl sites for hydroxylation is 1. The maximum Gasteiger partial charge on any atom is 0.417 e. The number of alkyl halides is 3. The van der Waals surface area contributed by atoms with Crippen molar-refractivity contribution in [2.45, 2.75) is 90.6 Å². The van der Waals surface area contributed by atoms with Gasteiger partial charge in [-0.2, -0.15) is 13.2 Å². The lowest BCUT2D eigenvalue weighted by Crippen LogP contribution is -2.49. The number of aliphatic carboxylic acids is 1. The Morgan fingerprint density at radius 3 is 2.34 bits per heavy atom. The average molecular weight is 576 g/mol. The zero-order chi connectivity index (χ0) is 30.1. The Labute approximate surface area is 239 Å². The molecule has 1 aliphatic heterocycles. The first-order valence-electron chi connectivity index (χ1n) is 14.2. The summed E-state index contributed by atoms with van der Waals surface area (Å²) < 4.78 is 45.9. The summed E-state index contributed by atoms with van der Waals surface area (Å²) in [6.07, 6.45) is 0.469. The van der Waals surface area contributed by atoms with Crippen LogP contribution in [0.4, 0.5) is 13.2 Å². The number of halogens is 3. The van der Waals surface area contributed by atoms with Gasteiger partial charge in [0.1, 0.15) is 6.04 Å². The summed E-state index contributed by atoms with van der Waals surface area (Å²) in [5, 5.41) is 14.0. The van der Waals surface area contributed by atoms with E-state index in [0.717, 1.165) is 42.7 Å². The lowest BCUT2D eigenvalue weighted by atomic mass is 9.72. The van der Waals surface area contributed by atoms with E-state index < -0.39 is 47.2 Å². The first-order chi connectivity index (χ1) is 19.3. The Balaban J connectivity index is 1.84. The van der Waals surface area contributed by atoms with E-state index in [2.05, 4.69) is 10.3 Å². The van der Waals surface area contributed by atoms with Crippen molar-refractivity contribution in [1.82, 2.24) is 15.2 Å². The molecule has 2 heterocycles. The molecule has 0 radical (unpaired) electrons. The molecule has 2 aromatic rings. The molecule has 0 unspecified atom stereocenters. The zero-order valence-corrected chi connectivity index (χ0v) is 24.3. The van der Waals surface area contributed by atoms with Crippen molar-refractivity contribution in [1.29, 1.82) is 0 Å². The maximum absolute atomic E-state index is 14.2. The van der Waals surface area contributed by atoms with Crippen molar-refractivity contribution in [3.05, 3.63) is 58.8 Å². The molecule has 0 bridgehead atoms. The fraction of sp³-hybridized carbons (Fsp3) is 0.581. The van der Waals surface area contributed by atoms with Crippen molar-refractivity contribution in [3.63, 3.8) is 0 Å². The molecule has 224 valence electrons. The third-order valence-electron chi connectivity index (χ3n) is 8.61. The number of benzene rings is 1. The molecule has 41 heavy (non-hydrogen) atoms. The van der Waals surface area contributed by atoms with Gasteiger partial charge in [-0.15, -0.1) is 0 Å². The number of rotatable bonds is 7. The summed E-state index contributed by atoms with van der Waals surface area (Å²) in [4.78, 5) is 32.7. The van der Waals surface area contributed by atoms with Crippen LogP contribution < -0.4 is 10.1 Å². The Bertz CT molecular complexity index is 1250. The Hall–Kier alpha value is -3.14. The number of nitrogens with zero attached hydrogens (tertiary/aromatic N) is 2. The standard InChI is InChI=1S/C31H40F3N3O4/c1-18-11-9-10-14-22(18)25-24(35-16-20-15-21(31(32,33)34)17-36-27(20)41-5)23(30(2,3)4)26(29(39)40)37(25)28(38)19-12-7-6-8-13-19/h9-11,14-15,17,19,23-26,35H,6-8,12-13,16H2,1-5H3,(H,39,40)/t23-,24-,25-,26-/m0/s1. The van der Waals surface area contributed by atoms with Crippen molar-refractivity contribution in [2.75, 3.05) is 7.11 Å². The number of carboxylic acid groups (broad SMARTS) is 1. The molecule has 4 rings (SSSR count). The molecule has 4 atom stereocenters. The minimum Gasteiger partial charge on any atom is -0.481 e. The molecule has 1 amide bonds. The minimum atomic E-state index is -4.59. The predicted molar refractivity (Wildman–Crippen MR) is 148 cm³/mol. The molecule has 1 aromatic heterocycles. The monoisotopic (exact) mass is 575 g/mol. The summed E-state index contributed by atoms with van der Waals surface area (Å²) in [5.41, 5.74) is 0.452. The molecule has 1 saturated carbocycles. The SMILES string of the molecule is COc1ncc(C(F)(F)F)cc1CN[C@H]1[C@H](C(C)(C)C)[C@@H](C(=O)O)N(C(=O)C2CCCCC2)[C@H]1c1ccccc1C. The Morgan fingerprint density at radius 1 is 1.12 bits per heavy atom. The first-order valence-corrected chi connectivity index (χ1v) is 14.2. The lowest BCUT2D eigenvalue weighted by Gasteiger charge is -2.36. The van der Waals surface area contributed by atoms with Crippen LogP contribution in [-0.2, 0) is 22.3 Å². The van der Waals surface area contributed by atoms with Crippen molar-refractivity contribution in [2.24, 2.45) is 17.3 Å². The van der Waals surface area contributed by atoms with Crippen molar-refractivity contribution >= 4 is 11.9 Å². The second kappa shape index (κ2) is 12.0. The van der Waals surface area contributed by atoms with Crippen LogP contribution >= 0.6 is 0 Å². The van der Waals surface area contributed by atoms with Gasteiger partial charge in [0.05, 0.1) is 18.7 Å². The predicted octanol–water partition coefficient (Wildman–Crippen LogP) is 6.15. The molecule has 0 spiro atoms. The van der Waals surface area contributed by atoms with E-state index in [1.165, 1.54) is 7.11 Å². The van der Waals surface area contributed by atoms with Gasteiger partial charge in [0.15, 0.2) is 0 Å². The van der Waals surface area contributed by atoms with Gasteiger partial charge in [0, 0.05) is 36.2 Å². The second-order valence-electron chi connectivity index (χ2n) is 12.4. The molecular weight excluding hydrogens is 535 g/mol. The number of aromatic nitrogens is 1. The van der Waals surface area contributed by atoms with Gasteiger partial charge in [-0.25, -0.2) is 9.78 Å². The molecule has 7 nitrogen and oxygen atoms in total. The van der Waals surface area contributed by atoms with E-state index >= 15 is 0 Å². The van der Waals surface area contributed by atoms with E-state index in [1.54, 1.807) is 4.90 Å². The van der Waals surface area contributed by atoms with Crippen molar-refractivity contribution in [3.8, 4) is 5.88 Å². The third-order valence-corrected chi connectivity index (χ3v) is 8.61. The van der Waals surface area contributed by atoms with Crippen LogP contribution in [0.5, 0.6) is 5.88 Å². The summed E-state index contributed by atoms with van der Waals surface area (Å²) in [7, 11) is 1.34. The fourth-order valence-corrected chi connectivity index (χ4v) is 6.72. The second-order valence-corrected chi connectivity index (χ2v) is 12.4. The zero-order valence-electron chi connectivity index (χ0n) is 24.3. The van der Waals surface area contributed by atoms with Crippen molar-refractivity contribution < 1.29 is 32.6 Å². The molecule has 2 N–H and O–H groups in total. The highest BCUT2D eigenvalue weighted by molar-refractivity contribution is 5.87. The molecular formula is C31H40F3N3O4. The van der Waals surface area contributed by atoms with E-state index in [9.17, 15) is 27.9 Å².